The number of aromatic nitrogens is 2. The summed E-state index contributed by atoms with van der Waals surface area (Å²) in [4.78, 5) is 15.6. The number of rotatable bonds is 4. The van der Waals surface area contributed by atoms with Gasteiger partial charge in [0.2, 0.25) is 5.91 Å². The van der Waals surface area contributed by atoms with Gasteiger partial charge in [0, 0.05) is 37.1 Å². The molecule has 3 aromatic rings. The first-order chi connectivity index (χ1) is 13.1. The Morgan fingerprint density at radius 2 is 2.00 bits per heavy atom. The molecule has 4 rings (SSSR count). The second-order valence-electron chi connectivity index (χ2n) is 6.72. The van der Waals surface area contributed by atoms with E-state index in [1.807, 2.05) is 36.5 Å². The van der Waals surface area contributed by atoms with Gasteiger partial charge >= 0.3 is 0 Å². The smallest absolute Gasteiger partial charge is 0.233 e. The van der Waals surface area contributed by atoms with Crippen LogP contribution in [0.1, 0.15) is 22.6 Å². The average molecular weight is 381 g/mol. The van der Waals surface area contributed by atoms with Gasteiger partial charge in [-0.05, 0) is 41.0 Å². The van der Waals surface area contributed by atoms with Crippen molar-refractivity contribution in [1.82, 2.24) is 14.7 Å². The standard InChI is InChI=1S/C21H20FN3OS/c1-24-11-16(10-23-24)20-13-25(12-15-4-2-3-5-19(15)20)21(26)14-27-18-8-6-17(22)7-9-18/h2-11,20H,12-14H2,1H3. The molecule has 1 aliphatic rings. The molecule has 4 nitrogen and oxygen atoms in total. The summed E-state index contributed by atoms with van der Waals surface area (Å²) in [6.45, 7) is 1.27. The van der Waals surface area contributed by atoms with Crippen LogP contribution in [-0.2, 0) is 18.4 Å². The summed E-state index contributed by atoms with van der Waals surface area (Å²) < 4.78 is 14.8. The predicted octanol–water partition coefficient (Wildman–Crippen LogP) is 3.83. The van der Waals surface area contributed by atoms with Crippen molar-refractivity contribution in [1.29, 1.82) is 0 Å². The van der Waals surface area contributed by atoms with Gasteiger partial charge in [-0.25, -0.2) is 4.39 Å². The zero-order valence-electron chi connectivity index (χ0n) is 15.0. The SMILES string of the molecule is Cn1cc(C2CN(C(=O)CSc3ccc(F)cc3)Cc3ccccc32)cn1. The van der Waals surface area contributed by atoms with Crippen LogP contribution in [-0.4, -0.2) is 32.9 Å². The summed E-state index contributed by atoms with van der Waals surface area (Å²) in [5.41, 5.74) is 3.56. The molecule has 0 radical (unpaired) electrons. The number of carbonyl (C=O) groups excluding carboxylic acids is 1. The Labute approximate surface area is 162 Å². The van der Waals surface area contributed by atoms with Crippen molar-refractivity contribution < 1.29 is 9.18 Å². The van der Waals surface area contributed by atoms with Gasteiger partial charge in [-0.15, -0.1) is 11.8 Å². The van der Waals surface area contributed by atoms with E-state index in [0.717, 1.165) is 10.5 Å². The Kier molecular flexibility index (Phi) is 4.99. The number of benzene rings is 2. The second-order valence-corrected chi connectivity index (χ2v) is 7.76. The largest absolute Gasteiger partial charge is 0.337 e. The summed E-state index contributed by atoms with van der Waals surface area (Å²) >= 11 is 1.44. The van der Waals surface area contributed by atoms with Gasteiger partial charge in [-0.3, -0.25) is 9.48 Å². The monoisotopic (exact) mass is 381 g/mol. The van der Waals surface area contributed by atoms with Crippen molar-refractivity contribution in [3.05, 3.63) is 83.4 Å². The summed E-state index contributed by atoms with van der Waals surface area (Å²) in [5.74, 6) is 0.293. The Morgan fingerprint density at radius 1 is 1.22 bits per heavy atom. The van der Waals surface area contributed by atoms with Gasteiger partial charge in [-0.1, -0.05) is 24.3 Å². The molecule has 0 bridgehead atoms. The van der Waals surface area contributed by atoms with E-state index in [2.05, 4.69) is 17.2 Å². The zero-order valence-corrected chi connectivity index (χ0v) is 15.8. The van der Waals surface area contributed by atoms with E-state index in [9.17, 15) is 9.18 Å². The first-order valence-corrected chi connectivity index (χ1v) is 9.81. The number of fused-ring (bicyclic) bond motifs is 1. The minimum absolute atomic E-state index is 0.0905. The number of hydrogen-bond acceptors (Lipinski definition) is 3. The summed E-state index contributed by atoms with van der Waals surface area (Å²) in [7, 11) is 1.90. The van der Waals surface area contributed by atoms with E-state index < -0.39 is 0 Å². The van der Waals surface area contributed by atoms with Crippen molar-refractivity contribution in [2.75, 3.05) is 12.3 Å². The van der Waals surface area contributed by atoms with Crippen molar-refractivity contribution >= 4 is 17.7 Å². The number of aryl methyl sites for hydroxylation is 1. The predicted molar refractivity (Wildman–Crippen MR) is 104 cm³/mol. The van der Waals surface area contributed by atoms with Gasteiger partial charge in [0.05, 0.1) is 11.9 Å². The van der Waals surface area contributed by atoms with E-state index in [-0.39, 0.29) is 17.6 Å². The molecule has 2 aromatic carbocycles. The maximum Gasteiger partial charge on any atom is 0.233 e. The number of halogens is 1. The third kappa shape index (κ3) is 3.90. The highest BCUT2D eigenvalue weighted by Gasteiger charge is 2.29. The van der Waals surface area contributed by atoms with E-state index in [1.165, 1.54) is 35.0 Å². The number of carbonyl (C=O) groups is 1. The maximum atomic E-state index is 13.0. The van der Waals surface area contributed by atoms with Crippen LogP contribution in [0.3, 0.4) is 0 Å². The highest BCUT2D eigenvalue weighted by molar-refractivity contribution is 8.00. The normalized spacial score (nSPS) is 16.2. The summed E-state index contributed by atoms with van der Waals surface area (Å²) in [5, 5.41) is 4.30. The minimum Gasteiger partial charge on any atom is -0.337 e. The highest BCUT2D eigenvalue weighted by atomic mass is 32.2. The van der Waals surface area contributed by atoms with Crippen LogP contribution in [0.15, 0.2) is 65.8 Å². The lowest BCUT2D eigenvalue weighted by atomic mass is 9.86. The molecule has 1 aliphatic heterocycles. The van der Waals surface area contributed by atoms with Crippen molar-refractivity contribution in [3.63, 3.8) is 0 Å². The summed E-state index contributed by atoms with van der Waals surface area (Å²) in [6.07, 6.45) is 3.89. The molecule has 1 unspecified atom stereocenters. The fourth-order valence-electron chi connectivity index (χ4n) is 3.47. The maximum absolute atomic E-state index is 13.0. The quantitative estimate of drug-likeness (QED) is 0.645. The molecule has 138 valence electrons. The van der Waals surface area contributed by atoms with Gasteiger partial charge < -0.3 is 4.90 Å². The molecule has 0 saturated carbocycles. The van der Waals surface area contributed by atoms with Gasteiger partial charge in [0.15, 0.2) is 0 Å². The fraction of sp³-hybridized carbons (Fsp3) is 0.238. The Bertz CT molecular complexity index is 954. The molecule has 6 heteroatoms. The van der Waals surface area contributed by atoms with E-state index in [0.29, 0.717) is 18.8 Å². The molecule has 27 heavy (non-hydrogen) atoms. The lowest BCUT2D eigenvalue weighted by Crippen LogP contribution is -2.39. The van der Waals surface area contributed by atoms with Gasteiger partial charge in [0.1, 0.15) is 5.82 Å². The number of hydrogen-bond donors (Lipinski definition) is 0. The molecule has 0 saturated heterocycles. The third-order valence-corrected chi connectivity index (χ3v) is 5.85. The van der Waals surface area contributed by atoms with E-state index in [1.54, 1.807) is 16.8 Å². The topological polar surface area (TPSA) is 38.1 Å². The first kappa shape index (κ1) is 17.8. The van der Waals surface area contributed by atoms with Crippen LogP contribution in [0.2, 0.25) is 0 Å². The minimum atomic E-state index is -0.266. The van der Waals surface area contributed by atoms with Crippen LogP contribution in [0.25, 0.3) is 0 Å². The lowest BCUT2D eigenvalue weighted by molar-refractivity contribution is -0.129. The third-order valence-electron chi connectivity index (χ3n) is 4.85. The molecule has 2 heterocycles. The van der Waals surface area contributed by atoms with Crippen LogP contribution >= 0.6 is 11.8 Å². The number of nitrogens with zero attached hydrogens (tertiary/aromatic N) is 3. The van der Waals surface area contributed by atoms with Crippen LogP contribution in [0.4, 0.5) is 4.39 Å². The summed E-state index contributed by atoms with van der Waals surface area (Å²) in [6, 6.07) is 14.5. The Balaban J connectivity index is 1.51. The average Bonchev–Trinajstić information content (AvgIpc) is 3.12. The zero-order chi connectivity index (χ0) is 18.8. The van der Waals surface area contributed by atoms with Gasteiger partial charge in [0.25, 0.3) is 0 Å². The molecule has 1 atom stereocenters. The Morgan fingerprint density at radius 3 is 2.74 bits per heavy atom. The molecule has 0 aliphatic carbocycles. The molecule has 0 N–H and O–H groups in total. The fourth-order valence-corrected chi connectivity index (χ4v) is 4.27. The van der Waals surface area contributed by atoms with Crippen molar-refractivity contribution in [2.24, 2.45) is 7.05 Å². The molecule has 1 amide bonds. The first-order valence-electron chi connectivity index (χ1n) is 8.82. The van der Waals surface area contributed by atoms with E-state index in [4.69, 9.17) is 0 Å². The molecular formula is C21H20FN3OS. The van der Waals surface area contributed by atoms with Gasteiger partial charge in [-0.2, -0.15) is 5.10 Å². The second kappa shape index (κ2) is 7.56. The molecular weight excluding hydrogens is 361 g/mol. The molecule has 1 aromatic heterocycles. The lowest BCUT2D eigenvalue weighted by Gasteiger charge is -2.34. The highest BCUT2D eigenvalue weighted by Crippen LogP contribution is 2.33. The van der Waals surface area contributed by atoms with Crippen LogP contribution in [0.5, 0.6) is 0 Å². The van der Waals surface area contributed by atoms with Crippen molar-refractivity contribution in [2.45, 2.75) is 17.4 Å². The number of amides is 1. The van der Waals surface area contributed by atoms with Crippen molar-refractivity contribution in [3.8, 4) is 0 Å². The van der Waals surface area contributed by atoms with E-state index >= 15 is 0 Å². The van der Waals surface area contributed by atoms with Crippen LogP contribution < -0.4 is 0 Å². The Hall–Kier alpha value is -2.60. The van der Waals surface area contributed by atoms with Crippen LogP contribution in [0, 0.1) is 5.82 Å². The number of thioether (sulfide) groups is 1. The molecule has 0 fully saturated rings. The molecule has 0 spiro atoms.